The number of hydrogen-bond acceptors (Lipinski definition) is 5. The number of phenols is 1. The van der Waals surface area contributed by atoms with E-state index in [1.807, 2.05) is 19.1 Å². The number of ether oxygens (including phenoxy) is 1. The smallest absolute Gasteiger partial charge is 0.264 e. The molecule has 5 nitrogen and oxygen atoms in total. The Hall–Kier alpha value is -2.44. The number of carbonyl (C=O) groups excluding carboxylic acids is 1. The molecule has 1 fully saturated rings. The van der Waals surface area contributed by atoms with E-state index in [-0.39, 0.29) is 11.7 Å². The molecule has 3 rings (SSSR count). The predicted molar refractivity (Wildman–Crippen MR) is 102 cm³/mol. The highest BCUT2D eigenvalue weighted by Crippen LogP contribution is 2.32. The maximum atomic E-state index is 12.2. The fraction of sp³-hybridized carbons (Fsp3) is 0.111. The fourth-order valence-electron chi connectivity index (χ4n) is 2.24. The third-order valence-corrected chi connectivity index (χ3v) is 4.93. The van der Waals surface area contributed by atoms with Crippen LogP contribution in [0.1, 0.15) is 11.1 Å². The SMILES string of the molecule is COc1cc(/C=C2\SC(=Nc3cccc(Cl)c3C)NC2=O)ccc1O. The number of nitrogens with zero attached hydrogens (tertiary/aromatic N) is 1. The zero-order chi connectivity index (χ0) is 18.0. The molecule has 1 heterocycles. The molecular formula is C18H15ClN2O3S. The van der Waals surface area contributed by atoms with Crippen LogP contribution in [0.25, 0.3) is 6.08 Å². The van der Waals surface area contributed by atoms with Gasteiger partial charge in [-0.05, 0) is 60.2 Å². The molecule has 1 aliphatic heterocycles. The zero-order valence-corrected chi connectivity index (χ0v) is 15.1. The van der Waals surface area contributed by atoms with Gasteiger partial charge < -0.3 is 15.2 Å². The van der Waals surface area contributed by atoms with Crippen LogP contribution in [0.3, 0.4) is 0 Å². The molecule has 0 radical (unpaired) electrons. The van der Waals surface area contributed by atoms with E-state index in [0.717, 1.165) is 11.1 Å². The normalized spacial score (nSPS) is 17.2. The van der Waals surface area contributed by atoms with Crippen molar-refractivity contribution in [3.8, 4) is 11.5 Å². The molecule has 2 N–H and O–H groups in total. The Morgan fingerprint density at radius 1 is 1.32 bits per heavy atom. The van der Waals surface area contributed by atoms with E-state index in [2.05, 4.69) is 10.3 Å². The lowest BCUT2D eigenvalue weighted by Crippen LogP contribution is -2.19. The van der Waals surface area contributed by atoms with Crippen molar-refractivity contribution in [3.63, 3.8) is 0 Å². The molecule has 1 amide bonds. The number of aliphatic imine (C=N–C) groups is 1. The molecule has 0 bridgehead atoms. The van der Waals surface area contributed by atoms with E-state index in [1.54, 1.807) is 24.3 Å². The molecule has 0 unspecified atom stereocenters. The largest absolute Gasteiger partial charge is 0.504 e. The summed E-state index contributed by atoms with van der Waals surface area (Å²) in [5, 5.41) is 13.5. The Balaban J connectivity index is 1.87. The molecule has 1 saturated heterocycles. The lowest BCUT2D eigenvalue weighted by molar-refractivity contribution is -0.115. The molecule has 0 atom stereocenters. The van der Waals surface area contributed by atoms with E-state index < -0.39 is 0 Å². The summed E-state index contributed by atoms with van der Waals surface area (Å²) in [5.74, 6) is 0.170. The number of nitrogens with one attached hydrogen (secondary N) is 1. The second-order valence-corrected chi connectivity index (χ2v) is 6.73. The maximum absolute atomic E-state index is 12.2. The van der Waals surface area contributed by atoms with Gasteiger partial charge in [0.25, 0.3) is 5.91 Å². The lowest BCUT2D eigenvalue weighted by atomic mass is 10.2. The van der Waals surface area contributed by atoms with Gasteiger partial charge in [-0.1, -0.05) is 23.7 Å². The summed E-state index contributed by atoms with van der Waals surface area (Å²) in [6.45, 7) is 1.88. The third kappa shape index (κ3) is 3.81. The number of phenolic OH excluding ortho intramolecular Hbond substituents is 1. The maximum Gasteiger partial charge on any atom is 0.264 e. The Kier molecular flexibility index (Phi) is 5.01. The van der Waals surface area contributed by atoms with Crippen LogP contribution in [-0.4, -0.2) is 23.3 Å². The average Bonchev–Trinajstić information content (AvgIpc) is 2.93. The van der Waals surface area contributed by atoms with Crippen molar-refractivity contribution >= 4 is 46.2 Å². The number of rotatable bonds is 3. The van der Waals surface area contributed by atoms with Crippen LogP contribution in [0, 0.1) is 6.92 Å². The number of benzene rings is 2. The van der Waals surface area contributed by atoms with Crippen molar-refractivity contribution in [3.05, 3.63) is 57.5 Å². The van der Waals surface area contributed by atoms with E-state index in [1.165, 1.54) is 24.9 Å². The first-order valence-corrected chi connectivity index (χ1v) is 8.59. The van der Waals surface area contributed by atoms with Crippen LogP contribution < -0.4 is 10.1 Å². The fourth-order valence-corrected chi connectivity index (χ4v) is 3.25. The number of thioether (sulfide) groups is 1. The van der Waals surface area contributed by atoms with Gasteiger partial charge in [0, 0.05) is 5.02 Å². The van der Waals surface area contributed by atoms with Gasteiger partial charge in [-0.3, -0.25) is 4.79 Å². The van der Waals surface area contributed by atoms with Gasteiger partial charge in [-0.2, -0.15) is 0 Å². The van der Waals surface area contributed by atoms with E-state index in [9.17, 15) is 9.90 Å². The first kappa shape index (κ1) is 17.4. The highest BCUT2D eigenvalue weighted by molar-refractivity contribution is 8.18. The average molecular weight is 375 g/mol. The second-order valence-electron chi connectivity index (χ2n) is 5.30. The number of amides is 1. The van der Waals surface area contributed by atoms with Gasteiger partial charge in [-0.25, -0.2) is 4.99 Å². The Morgan fingerprint density at radius 3 is 2.88 bits per heavy atom. The molecule has 2 aromatic rings. The third-order valence-electron chi connectivity index (χ3n) is 3.61. The monoisotopic (exact) mass is 374 g/mol. The molecule has 128 valence electrons. The predicted octanol–water partition coefficient (Wildman–Crippen LogP) is 4.25. The summed E-state index contributed by atoms with van der Waals surface area (Å²) in [5.41, 5.74) is 2.31. The van der Waals surface area contributed by atoms with Crippen LogP contribution in [0.15, 0.2) is 46.3 Å². The van der Waals surface area contributed by atoms with Crippen LogP contribution >= 0.6 is 23.4 Å². The number of hydrogen-bond donors (Lipinski definition) is 2. The zero-order valence-electron chi connectivity index (χ0n) is 13.5. The van der Waals surface area contributed by atoms with Gasteiger partial charge in [0.05, 0.1) is 17.7 Å². The molecule has 0 aliphatic carbocycles. The van der Waals surface area contributed by atoms with E-state index in [0.29, 0.717) is 26.5 Å². The van der Waals surface area contributed by atoms with Crippen LogP contribution in [-0.2, 0) is 4.79 Å². The highest BCUT2D eigenvalue weighted by atomic mass is 35.5. The molecule has 2 aromatic carbocycles. The van der Waals surface area contributed by atoms with Crippen molar-refractivity contribution in [2.75, 3.05) is 7.11 Å². The summed E-state index contributed by atoms with van der Waals surface area (Å²) >= 11 is 7.34. The first-order valence-electron chi connectivity index (χ1n) is 7.39. The summed E-state index contributed by atoms with van der Waals surface area (Å²) in [7, 11) is 1.47. The quantitative estimate of drug-likeness (QED) is 0.788. The minimum Gasteiger partial charge on any atom is -0.504 e. The lowest BCUT2D eigenvalue weighted by Gasteiger charge is -2.04. The second kappa shape index (κ2) is 7.21. The minimum atomic E-state index is -0.226. The summed E-state index contributed by atoms with van der Waals surface area (Å²) in [4.78, 5) is 17.1. The van der Waals surface area contributed by atoms with Crippen LogP contribution in [0.2, 0.25) is 5.02 Å². The Labute approximate surface area is 154 Å². The van der Waals surface area contributed by atoms with Gasteiger partial charge in [0.2, 0.25) is 0 Å². The number of carbonyl (C=O) groups is 1. The Bertz CT molecular complexity index is 909. The van der Waals surface area contributed by atoms with Gasteiger partial charge in [0.15, 0.2) is 16.7 Å². The standard InChI is InChI=1S/C18H15ClN2O3S/c1-10-12(19)4-3-5-13(10)20-18-21-17(23)16(25-18)9-11-6-7-14(22)15(8-11)24-2/h3-9,22H,1-2H3,(H,20,21,23)/b16-9-. The summed E-state index contributed by atoms with van der Waals surface area (Å²) < 4.78 is 5.08. The van der Waals surface area contributed by atoms with Crippen molar-refractivity contribution in [1.82, 2.24) is 5.32 Å². The molecule has 0 saturated carbocycles. The van der Waals surface area contributed by atoms with E-state index >= 15 is 0 Å². The van der Waals surface area contributed by atoms with Gasteiger partial charge in [0.1, 0.15) is 0 Å². The molecule has 25 heavy (non-hydrogen) atoms. The molecule has 0 spiro atoms. The van der Waals surface area contributed by atoms with Gasteiger partial charge >= 0.3 is 0 Å². The summed E-state index contributed by atoms with van der Waals surface area (Å²) in [6, 6.07) is 10.3. The Morgan fingerprint density at radius 2 is 2.12 bits per heavy atom. The van der Waals surface area contributed by atoms with Crippen LogP contribution in [0.4, 0.5) is 5.69 Å². The number of methoxy groups -OCH3 is 1. The molecule has 7 heteroatoms. The molecule has 1 aliphatic rings. The summed E-state index contributed by atoms with van der Waals surface area (Å²) in [6.07, 6.45) is 1.72. The molecule has 0 aromatic heterocycles. The van der Waals surface area contributed by atoms with Crippen LogP contribution in [0.5, 0.6) is 11.5 Å². The number of aromatic hydroxyl groups is 1. The van der Waals surface area contributed by atoms with Crippen molar-refractivity contribution < 1.29 is 14.6 Å². The van der Waals surface area contributed by atoms with Crippen molar-refractivity contribution in [2.45, 2.75) is 6.92 Å². The van der Waals surface area contributed by atoms with E-state index in [4.69, 9.17) is 16.3 Å². The number of amidine groups is 1. The number of halogens is 1. The topological polar surface area (TPSA) is 70.9 Å². The first-order chi connectivity index (χ1) is 12.0. The van der Waals surface area contributed by atoms with Crippen molar-refractivity contribution in [1.29, 1.82) is 0 Å². The van der Waals surface area contributed by atoms with Crippen molar-refractivity contribution in [2.24, 2.45) is 4.99 Å². The molecular weight excluding hydrogens is 360 g/mol. The highest BCUT2D eigenvalue weighted by Gasteiger charge is 2.24. The minimum absolute atomic E-state index is 0.0480. The van der Waals surface area contributed by atoms with Gasteiger partial charge in [-0.15, -0.1) is 0 Å².